The van der Waals surface area contributed by atoms with E-state index in [0.29, 0.717) is 0 Å². The van der Waals surface area contributed by atoms with E-state index in [0.717, 1.165) is 23.8 Å². The Bertz CT molecular complexity index is 294. The summed E-state index contributed by atoms with van der Waals surface area (Å²) in [5, 5.41) is 22.8. The maximum absolute atomic E-state index is 9.25. The molecule has 0 aromatic carbocycles. The van der Waals surface area contributed by atoms with Crippen molar-refractivity contribution >= 4 is 17.9 Å². The third kappa shape index (κ3) is 115. The van der Waals surface area contributed by atoms with Crippen molar-refractivity contribution in [2.45, 2.75) is 6.92 Å². The number of hydrogen-bond donors (Lipinski definition) is 3. The molecule has 0 unspecified atom stereocenters. The molecule has 6 nitrogen and oxygen atoms in total. The van der Waals surface area contributed by atoms with Crippen LogP contribution in [0.1, 0.15) is 6.92 Å². The fraction of sp³-hybridized carbons (Fsp3) is 0.0714. The summed E-state index contributed by atoms with van der Waals surface area (Å²) in [7, 11) is 0. The third-order valence-corrected chi connectivity index (χ3v) is 0.872. The Morgan fingerprint density at radius 2 is 0.800 bits per heavy atom. The molecule has 3 N–H and O–H groups in total. The van der Waals surface area contributed by atoms with Gasteiger partial charge in [-0.25, -0.2) is 14.4 Å². The first kappa shape index (κ1) is 25.8. The Morgan fingerprint density at radius 1 is 0.700 bits per heavy atom. The van der Waals surface area contributed by atoms with Crippen LogP contribution in [0.15, 0.2) is 62.8 Å². The SMILES string of the molecule is C=CC(=C)C.C=CC(=O)O.C=CC(=O)O.C=CC(=O)O. The quantitative estimate of drug-likeness (QED) is 0.540. The molecule has 0 aromatic rings. The number of carboxylic acid groups (broad SMARTS) is 3. The number of hydrogen-bond acceptors (Lipinski definition) is 3. The average Bonchev–Trinajstić information content (AvgIpc) is 2.40. The van der Waals surface area contributed by atoms with Gasteiger partial charge in [-0.05, 0) is 6.92 Å². The zero-order chi connectivity index (χ0) is 17.1. The van der Waals surface area contributed by atoms with Gasteiger partial charge in [0.2, 0.25) is 0 Å². The Hall–Kier alpha value is -2.89. The maximum atomic E-state index is 9.25. The first-order valence-corrected chi connectivity index (χ1v) is 4.92. The number of carbonyl (C=O) groups is 3. The van der Waals surface area contributed by atoms with Gasteiger partial charge < -0.3 is 15.3 Å². The van der Waals surface area contributed by atoms with Crippen LogP contribution in [-0.2, 0) is 14.4 Å². The van der Waals surface area contributed by atoms with Crippen LogP contribution in [0.5, 0.6) is 0 Å². The highest BCUT2D eigenvalue weighted by Gasteiger charge is 1.74. The molecule has 0 heterocycles. The molecule has 0 bridgehead atoms. The third-order valence-electron chi connectivity index (χ3n) is 0.872. The molecule has 112 valence electrons. The van der Waals surface area contributed by atoms with Crippen molar-refractivity contribution in [2.75, 3.05) is 0 Å². The number of aliphatic carboxylic acids is 3. The molecule has 6 heteroatoms. The van der Waals surface area contributed by atoms with Crippen molar-refractivity contribution < 1.29 is 29.7 Å². The highest BCUT2D eigenvalue weighted by atomic mass is 16.4. The number of allylic oxidation sites excluding steroid dienone is 2. The van der Waals surface area contributed by atoms with Gasteiger partial charge in [0, 0.05) is 18.2 Å². The molecule has 0 saturated heterocycles. The second-order valence-electron chi connectivity index (χ2n) is 2.68. The first-order valence-electron chi connectivity index (χ1n) is 4.92. The average molecular weight is 284 g/mol. The van der Waals surface area contributed by atoms with Crippen molar-refractivity contribution in [3.05, 3.63) is 62.8 Å². The summed E-state index contributed by atoms with van der Waals surface area (Å²) >= 11 is 0. The van der Waals surface area contributed by atoms with E-state index in [4.69, 9.17) is 15.3 Å². The van der Waals surface area contributed by atoms with Crippen LogP contribution in [-0.4, -0.2) is 33.2 Å². The molecule has 20 heavy (non-hydrogen) atoms. The van der Waals surface area contributed by atoms with E-state index in [9.17, 15) is 14.4 Å². The van der Waals surface area contributed by atoms with Crippen molar-refractivity contribution in [3.8, 4) is 0 Å². The van der Waals surface area contributed by atoms with E-state index >= 15 is 0 Å². The van der Waals surface area contributed by atoms with Gasteiger partial charge in [-0.3, -0.25) is 0 Å². The lowest BCUT2D eigenvalue weighted by Gasteiger charge is -1.71. The van der Waals surface area contributed by atoms with Crippen molar-refractivity contribution in [3.63, 3.8) is 0 Å². The fourth-order valence-electron chi connectivity index (χ4n) is 0. The molecule has 0 amide bonds. The second kappa shape index (κ2) is 21.4. The molecule has 0 rings (SSSR count). The van der Waals surface area contributed by atoms with Crippen molar-refractivity contribution in [2.24, 2.45) is 0 Å². The molecule has 0 aromatic heterocycles. The molecule has 0 aliphatic carbocycles. The Morgan fingerprint density at radius 3 is 0.800 bits per heavy atom. The topological polar surface area (TPSA) is 112 Å². The zero-order valence-corrected chi connectivity index (χ0v) is 11.4. The van der Waals surface area contributed by atoms with Gasteiger partial charge in [0.05, 0.1) is 0 Å². The zero-order valence-electron chi connectivity index (χ0n) is 11.4. The van der Waals surface area contributed by atoms with Gasteiger partial charge >= 0.3 is 17.9 Å². The standard InChI is InChI=1S/C5H8.3C3H4O2/c1-4-5(2)3;3*1-2-3(4)5/h4H,1-2H2,3H3;3*2H,1H2,(H,4,5). The van der Waals surface area contributed by atoms with Gasteiger partial charge in [0.1, 0.15) is 0 Å². The minimum absolute atomic E-state index is 0.833. The lowest BCUT2D eigenvalue weighted by atomic mass is 10.4. The van der Waals surface area contributed by atoms with Crippen LogP contribution in [0, 0.1) is 0 Å². The highest BCUT2D eigenvalue weighted by molar-refractivity contribution is 5.79. The monoisotopic (exact) mass is 284 g/mol. The van der Waals surface area contributed by atoms with Crippen LogP contribution in [0.4, 0.5) is 0 Å². The summed E-state index contributed by atoms with van der Waals surface area (Å²) in [6.45, 7) is 17.8. The summed E-state index contributed by atoms with van der Waals surface area (Å²) in [6, 6.07) is 0. The molecule has 0 aliphatic heterocycles. The smallest absolute Gasteiger partial charge is 0.327 e. The van der Waals surface area contributed by atoms with E-state index in [2.05, 4.69) is 32.9 Å². The first-order chi connectivity index (χ1) is 9.08. The van der Waals surface area contributed by atoms with Gasteiger partial charge in [-0.1, -0.05) is 44.5 Å². The van der Waals surface area contributed by atoms with E-state index in [1.54, 1.807) is 6.08 Å². The van der Waals surface area contributed by atoms with E-state index in [1.165, 1.54) is 0 Å². The van der Waals surface area contributed by atoms with Crippen LogP contribution in [0.25, 0.3) is 0 Å². The Labute approximate surface area is 118 Å². The van der Waals surface area contributed by atoms with Crippen LogP contribution in [0.3, 0.4) is 0 Å². The lowest BCUT2D eigenvalue weighted by molar-refractivity contribution is -0.132. The Balaban J connectivity index is -0.0000000853. The summed E-state index contributed by atoms with van der Waals surface area (Å²) in [4.78, 5) is 27.8. The van der Waals surface area contributed by atoms with Crippen molar-refractivity contribution in [1.82, 2.24) is 0 Å². The predicted molar refractivity (Wildman–Crippen MR) is 78.5 cm³/mol. The van der Waals surface area contributed by atoms with Gasteiger partial charge in [-0.2, -0.15) is 0 Å². The maximum Gasteiger partial charge on any atom is 0.327 e. The molecule has 0 spiro atoms. The summed E-state index contributed by atoms with van der Waals surface area (Å²) in [6.07, 6.45) is 4.22. The van der Waals surface area contributed by atoms with Gasteiger partial charge in [0.25, 0.3) is 0 Å². The number of carboxylic acids is 3. The molecule has 0 radical (unpaired) electrons. The van der Waals surface area contributed by atoms with E-state index < -0.39 is 17.9 Å². The van der Waals surface area contributed by atoms with E-state index in [1.807, 2.05) is 6.92 Å². The minimum Gasteiger partial charge on any atom is -0.478 e. The molecular weight excluding hydrogens is 264 g/mol. The fourth-order valence-corrected chi connectivity index (χ4v) is 0. The minimum atomic E-state index is -0.981. The molecule has 0 fully saturated rings. The van der Waals surface area contributed by atoms with Crippen molar-refractivity contribution in [1.29, 1.82) is 0 Å². The molecule has 0 aliphatic rings. The highest BCUT2D eigenvalue weighted by Crippen LogP contribution is 1.81. The molecule has 0 saturated carbocycles. The van der Waals surface area contributed by atoms with Crippen LogP contribution < -0.4 is 0 Å². The van der Waals surface area contributed by atoms with Gasteiger partial charge in [-0.15, -0.1) is 0 Å². The molecule has 0 atom stereocenters. The second-order valence-corrected chi connectivity index (χ2v) is 2.68. The normalized spacial score (nSPS) is 6.45. The van der Waals surface area contributed by atoms with Crippen LogP contribution in [0.2, 0.25) is 0 Å². The number of rotatable bonds is 4. The van der Waals surface area contributed by atoms with E-state index in [-0.39, 0.29) is 0 Å². The Kier molecular flexibility index (Phi) is 27.6. The summed E-state index contributed by atoms with van der Waals surface area (Å²) in [5.74, 6) is -2.94. The van der Waals surface area contributed by atoms with Gasteiger partial charge in [0.15, 0.2) is 0 Å². The summed E-state index contributed by atoms with van der Waals surface area (Å²) < 4.78 is 0. The largest absolute Gasteiger partial charge is 0.478 e. The summed E-state index contributed by atoms with van der Waals surface area (Å²) in [5.41, 5.74) is 1.02. The van der Waals surface area contributed by atoms with Crippen LogP contribution >= 0.6 is 0 Å². The predicted octanol–water partition coefficient (Wildman–Crippen LogP) is 2.52. The molecular formula is C14H20O6. The lowest BCUT2D eigenvalue weighted by Crippen LogP contribution is -1.82.